The third-order valence-electron chi connectivity index (χ3n) is 4.39. The summed E-state index contributed by atoms with van der Waals surface area (Å²) in [6.07, 6.45) is 3.13. The van der Waals surface area contributed by atoms with Crippen LogP contribution in [0.2, 0.25) is 5.02 Å². The number of fused-ring (bicyclic) bond motifs is 1. The van der Waals surface area contributed by atoms with Gasteiger partial charge in [0.1, 0.15) is 12.7 Å². The molecule has 1 aliphatic rings. The van der Waals surface area contributed by atoms with Gasteiger partial charge in [-0.15, -0.1) is 0 Å². The molecule has 0 bridgehead atoms. The summed E-state index contributed by atoms with van der Waals surface area (Å²) in [6.45, 7) is 3.42. The fraction of sp³-hybridized carbons (Fsp3) is 0.316. The van der Waals surface area contributed by atoms with Gasteiger partial charge < -0.3 is 14.8 Å². The van der Waals surface area contributed by atoms with E-state index >= 15 is 0 Å². The lowest BCUT2D eigenvalue weighted by Gasteiger charge is -2.26. The van der Waals surface area contributed by atoms with Crippen LogP contribution in [-0.4, -0.2) is 39.0 Å². The molecule has 3 aromatic rings. The van der Waals surface area contributed by atoms with Crippen LogP contribution >= 0.6 is 11.6 Å². The molecule has 0 aliphatic carbocycles. The molecule has 2 N–H and O–H groups in total. The Morgan fingerprint density at radius 1 is 1.39 bits per heavy atom. The van der Waals surface area contributed by atoms with Gasteiger partial charge in [-0.1, -0.05) is 30.7 Å². The topological polar surface area (TPSA) is 94.1 Å². The van der Waals surface area contributed by atoms with Gasteiger partial charge in [-0.2, -0.15) is 5.10 Å². The molecule has 2 atom stereocenters. The summed E-state index contributed by atoms with van der Waals surface area (Å²) in [4.78, 5) is 19.3. The normalized spacial score (nSPS) is 16.6. The van der Waals surface area contributed by atoms with Crippen LogP contribution in [0.1, 0.15) is 18.5 Å². The number of aromatic nitrogens is 4. The molecular formula is C19H20ClN5O3. The lowest BCUT2D eigenvalue weighted by Crippen LogP contribution is -2.36. The Morgan fingerprint density at radius 3 is 3.00 bits per heavy atom. The molecule has 1 aromatic carbocycles. The van der Waals surface area contributed by atoms with Crippen LogP contribution in [0.4, 0.5) is 5.95 Å². The van der Waals surface area contributed by atoms with Crippen LogP contribution in [-0.2, 0) is 6.54 Å². The van der Waals surface area contributed by atoms with Gasteiger partial charge in [0, 0.05) is 24.7 Å². The molecule has 3 heterocycles. The number of hydrogen-bond acceptors (Lipinski definition) is 6. The lowest BCUT2D eigenvalue weighted by molar-refractivity contribution is 0.0996. The first-order valence-electron chi connectivity index (χ1n) is 8.98. The Bertz CT molecular complexity index is 1020. The predicted octanol–water partition coefficient (Wildman–Crippen LogP) is 2.68. The van der Waals surface area contributed by atoms with Gasteiger partial charge in [0.05, 0.1) is 23.5 Å². The van der Waals surface area contributed by atoms with E-state index in [2.05, 4.69) is 20.4 Å². The van der Waals surface area contributed by atoms with Gasteiger partial charge in [0.25, 0.3) is 5.56 Å². The second-order valence-corrected chi connectivity index (χ2v) is 7.12. The smallest absolute Gasteiger partial charge is 0.252 e. The first-order valence-corrected chi connectivity index (χ1v) is 9.36. The second kappa shape index (κ2) is 7.93. The average Bonchev–Trinajstić information content (AvgIpc) is 3.10. The largest absolute Gasteiger partial charge is 0.486 e. The van der Waals surface area contributed by atoms with Gasteiger partial charge in [-0.3, -0.25) is 14.5 Å². The molecule has 0 saturated heterocycles. The van der Waals surface area contributed by atoms with Crippen LogP contribution in [0.5, 0.6) is 11.5 Å². The van der Waals surface area contributed by atoms with Crippen LogP contribution < -0.4 is 20.3 Å². The van der Waals surface area contributed by atoms with Gasteiger partial charge in [-0.05, 0) is 12.1 Å². The van der Waals surface area contributed by atoms with Crippen molar-refractivity contribution in [1.29, 1.82) is 0 Å². The number of nitrogens with zero attached hydrogens (tertiary/aromatic N) is 3. The van der Waals surface area contributed by atoms with Crippen molar-refractivity contribution in [1.82, 2.24) is 19.7 Å². The van der Waals surface area contributed by atoms with Crippen LogP contribution in [0.25, 0.3) is 0 Å². The maximum atomic E-state index is 12.1. The van der Waals surface area contributed by atoms with E-state index in [4.69, 9.17) is 21.1 Å². The summed E-state index contributed by atoms with van der Waals surface area (Å²) in [5.74, 6) is 1.83. The fourth-order valence-corrected chi connectivity index (χ4v) is 3.16. The molecule has 9 heteroatoms. The summed E-state index contributed by atoms with van der Waals surface area (Å²) < 4.78 is 13.3. The number of hydrogen-bond donors (Lipinski definition) is 2. The van der Waals surface area contributed by atoms with E-state index in [1.807, 2.05) is 31.2 Å². The highest BCUT2D eigenvalue weighted by molar-refractivity contribution is 6.30. The summed E-state index contributed by atoms with van der Waals surface area (Å²) in [5.41, 5.74) is 0.452. The summed E-state index contributed by atoms with van der Waals surface area (Å²) in [5, 5.41) is 7.87. The molecule has 0 amide bonds. The minimum absolute atomic E-state index is 0.0139. The molecule has 0 radical (unpaired) electrons. The quantitative estimate of drug-likeness (QED) is 0.659. The Kier molecular flexibility index (Phi) is 5.21. The van der Waals surface area contributed by atoms with Crippen molar-refractivity contribution in [3.05, 3.63) is 63.8 Å². The molecular weight excluding hydrogens is 382 g/mol. The van der Waals surface area contributed by atoms with Crippen molar-refractivity contribution in [3.8, 4) is 11.5 Å². The number of H-pyrrole nitrogens is 1. The van der Waals surface area contributed by atoms with E-state index in [1.54, 1.807) is 17.1 Å². The predicted molar refractivity (Wildman–Crippen MR) is 105 cm³/mol. The van der Waals surface area contributed by atoms with E-state index < -0.39 is 0 Å². The summed E-state index contributed by atoms with van der Waals surface area (Å²) in [7, 11) is 0. The molecule has 2 aromatic heterocycles. The lowest BCUT2D eigenvalue weighted by atomic mass is 10.1. The molecule has 2 unspecified atom stereocenters. The Labute approximate surface area is 166 Å². The average molecular weight is 402 g/mol. The Hall–Kier alpha value is -3.00. The van der Waals surface area contributed by atoms with Crippen LogP contribution in [0.3, 0.4) is 0 Å². The fourth-order valence-electron chi connectivity index (χ4n) is 3.00. The molecule has 1 aliphatic heterocycles. The van der Waals surface area contributed by atoms with Gasteiger partial charge in [0.2, 0.25) is 5.95 Å². The standard InChI is InChI=1S/C19H20ClN5O3/c1-12(9-25-10-13(20)7-22-25)15-6-18(26)24-19(23-15)21-8-14-11-27-16-4-2-3-5-17(16)28-14/h2-7,10,12,14H,8-9,11H2,1H3,(H2,21,23,24,26). The first kappa shape index (κ1) is 18.4. The highest BCUT2D eigenvalue weighted by Gasteiger charge is 2.20. The van der Waals surface area contributed by atoms with E-state index in [0.29, 0.717) is 42.1 Å². The number of ether oxygens (including phenoxy) is 2. The Balaban J connectivity index is 1.40. The van der Waals surface area contributed by atoms with Gasteiger partial charge in [0.15, 0.2) is 11.5 Å². The van der Waals surface area contributed by atoms with Gasteiger partial charge in [-0.25, -0.2) is 4.98 Å². The van der Waals surface area contributed by atoms with E-state index in [0.717, 1.165) is 5.75 Å². The third kappa shape index (κ3) is 4.28. The summed E-state index contributed by atoms with van der Waals surface area (Å²) >= 11 is 5.90. The molecule has 0 spiro atoms. The van der Waals surface area contributed by atoms with Crippen molar-refractivity contribution < 1.29 is 9.47 Å². The highest BCUT2D eigenvalue weighted by Crippen LogP contribution is 2.30. The minimum Gasteiger partial charge on any atom is -0.486 e. The number of para-hydroxylation sites is 2. The van der Waals surface area contributed by atoms with E-state index in [-0.39, 0.29) is 17.6 Å². The van der Waals surface area contributed by atoms with Crippen molar-refractivity contribution in [2.75, 3.05) is 18.5 Å². The Morgan fingerprint density at radius 2 is 2.21 bits per heavy atom. The minimum atomic E-state index is -0.219. The zero-order valence-corrected chi connectivity index (χ0v) is 16.0. The third-order valence-corrected chi connectivity index (χ3v) is 4.59. The summed E-state index contributed by atoms with van der Waals surface area (Å²) in [6, 6.07) is 9.03. The zero-order valence-electron chi connectivity index (χ0n) is 15.3. The van der Waals surface area contributed by atoms with Gasteiger partial charge >= 0.3 is 0 Å². The van der Waals surface area contributed by atoms with Crippen molar-refractivity contribution in [2.24, 2.45) is 0 Å². The van der Waals surface area contributed by atoms with Crippen molar-refractivity contribution in [3.63, 3.8) is 0 Å². The molecule has 0 fully saturated rings. The molecule has 28 heavy (non-hydrogen) atoms. The number of benzene rings is 1. The number of rotatable bonds is 6. The van der Waals surface area contributed by atoms with Crippen molar-refractivity contribution >= 4 is 17.5 Å². The molecule has 8 nitrogen and oxygen atoms in total. The first-order chi connectivity index (χ1) is 13.6. The molecule has 4 rings (SSSR count). The van der Waals surface area contributed by atoms with Crippen molar-refractivity contribution in [2.45, 2.75) is 25.5 Å². The molecule has 0 saturated carbocycles. The van der Waals surface area contributed by atoms with Crippen LogP contribution in [0, 0.1) is 0 Å². The maximum Gasteiger partial charge on any atom is 0.252 e. The monoisotopic (exact) mass is 401 g/mol. The number of halogens is 1. The van der Waals surface area contributed by atoms with E-state index in [1.165, 1.54) is 6.07 Å². The maximum absolute atomic E-state index is 12.1. The number of anilines is 1. The van der Waals surface area contributed by atoms with E-state index in [9.17, 15) is 4.79 Å². The van der Waals surface area contributed by atoms with Crippen LogP contribution in [0.15, 0.2) is 47.5 Å². The highest BCUT2D eigenvalue weighted by atomic mass is 35.5. The number of aromatic amines is 1. The zero-order chi connectivity index (χ0) is 19.5. The SMILES string of the molecule is CC(Cn1cc(Cl)cn1)c1cc(=O)[nH]c(NCC2COc3ccccc3O2)n1. The second-order valence-electron chi connectivity index (χ2n) is 6.68. The number of nitrogens with one attached hydrogen (secondary N) is 2. The molecule has 146 valence electrons.